The molecule has 0 fully saturated rings. The van der Waals surface area contributed by atoms with Crippen LogP contribution in [0.5, 0.6) is 5.75 Å². The molecule has 0 spiro atoms. The minimum atomic E-state index is -0.475. The van der Waals surface area contributed by atoms with Crippen molar-refractivity contribution >= 4 is 17.5 Å². The zero-order valence-corrected chi connectivity index (χ0v) is 15.8. The Morgan fingerprint density at radius 2 is 1.62 bits per heavy atom. The van der Waals surface area contributed by atoms with Gasteiger partial charge in [-0.15, -0.1) is 0 Å². The Balaban J connectivity index is 2.70. The van der Waals surface area contributed by atoms with E-state index in [1.54, 1.807) is 40.0 Å². The number of dihydropyridines is 1. The van der Waals surface area contributed by atoms with Crippen molar-refractivity contribution in [1.29, 1.82) is 0 Å². The molecule has 6 nitrogen and oxygen atoms in total. The van der Waals surface area contributed by atoms with Crippen molar-refractivity contribution in [3.63, 3.8) is 0 Å². The summed E-state index contributed by atoms with van der Waals surface area (Å²) >= 11 is 0. The number of rotatable bonds is 6. The van der Waals surface area contributed by atoms with Crippen LogP contribution in [-0.4, -0.2) is 38.3 Å². The average Bonchev–Trinajstić information content (AvgIpc) is 2.61. The SMILES string of the molecule is CCOC(=O)C1=C(C)NC(C)C(C(=O)OCC)=C1c1ccc(OC)cc1. The number of hydrogen-bond acceptors (Lipinski definition) is 6. The first-order valence-corrected chi connectivity index (χ1v) is 8.65. The van der Waals surface area contributed by atoms with Gasteiger partial charge in [-0.05, 0) is 45.4 Å². The highest BCUT2D eigenvalue weighted by atomic mass is 16.5. The lowest BCUT2D eigenvalue weighted by Crippen LogP contribution is -2.37. The Kier molecular flexibility index (Phi) is 6.44. The number of hydrogen-bond donors (Lipinski definition) is 1. The van der Waals surface area contributed by atoms with Crippen LogP contribution < -0.4 is 10.1 Å². The maximum Gasteiger partial charge on any atom is 0.340 e. The monoisotopic (exact) mass is 359 g/mol. The van der Waals surface area contributed by atoms with Crippen LogP contribution in [0.3, 0.4) is 0 Å². The number of allylic oxidation sites excluding steroid dienone is 1. The Bertz CT molecular complexity index is 746. The third-order valence-corrected chi connectivity index (χ3v) is 4.11. The van der Waals surface area contributed by atoms with Crippen molar-refractivity contribution in [2.45, 2.75) is 33.7 Å². The lowest BCUT2D eigenvalue weighted by Gasteiger charge is -2.29. The number of nitrogens with one attached hydrogen (secondary N) is 1. The fourth-order valence-electron chi connectivity index (χ4n) is 3.01. The second kappa shape index (κ2) is 8.56. The van der Waals surface area contributed by atoms with Crippen LogP contribution in [0.2, 0.25) is 0 Å². The zero-order chi connectivity index (χ0) is 19.3. The van der Waals surface area contributed by atoms with Gasteiger partial charge in [-0.3, -0.25) is 0 Å². The minimum Gasteiger partial charge on any atom is -0.497 e. The normalized spacial score (nSPS) is 16.9. The second-order valence-electron chi connectivity index (χ2n) is 5.82. The molecule has 1 aromatic rings. The van der Waals surface area contributed by atoms with Gasteiger partial charge >= 0.3 is 11.9 Å². The van der Waals surface area contributed by atoms with E-state index >= 15 is 0 Å². The third kappa shape index (κ3) is 3.90. The Labute approximate surface area is 153 Å². The number of carbonyl (C=O) groups excluding carboxylic acids is 2. The molecule has 0 radical (unpaired) electrons. The van der Waals surface area contributed by atoms with Gasteiger partial charge in [-0.1, -0.05) is 12.1 Å². The molecule has 1 aliphatic rings. The molecule has 0 aromatic heterocycles. The molecule has 0 saturated heterocycles. The van der Waals surface area contributed by atoms with Crippen molar-refractivity contribution in [3.05, 3.63) is 46.7 Å². The summed E-state index contributed by atoms with van der Waals surface area (Å²) in [6.07, 6.45) is 0. The maximum atomic E-state index is 12.6. The summed E-state index contributed by atoms with van der Waals surface area (Å²) in [5, 5.41) is 3.18. The van der Waals surface area contributed by atoms with Crippen molar-refractivity contribution < 1.29 is 23.8 Å². The van der Waals surface area contributed by atoms with E-state index in [9.17, 15) is 9.59 Å². The van der Waals surface area contributed by atoms with Gasteiger partial charge in [0.2, 0.25) is 0 Å². The molecule has 1 aromatic carbocycles. The van der Waals surface area contributed by atoms with Crippen LogP contribution in [0.25, 0.3) is 5.57 Å². The van der Waals surface area contributed by atoms with Crippen molar-refractivity contribution in [2.24, 2.45) is 0 Å². The van der Waals surface area contributed by atoms with Crippen LogP contribution in [0.4, 0.5) is 0 Å². The number of esters is 2. The molecule has 140 valence electrons. The standard InChI is InChI=1S/C20H25NO5/c1-6-25-19(22)16-12(3)21-13(4)17(20(23)26-7-2)18(16)14-8-10-15(24-5)11-9-14/h8-12,21H,6-7H2,1-5H3. The summed E-state index contributed by atoms with van der Waals surface area (Å²) in [4.78, 5) is 25.2. The quantitative estimate of drug-likeness (QED) is 0.788. The second-order valence-corrected chi connectivity index (χ2v) is 5.82. The summed E-state index contributed by atoms with van der Waals surface area (Å²) in [5.74, 6) is -0.239. The van der Waals surface area contributed by atoms with Gasteiger partial charge in [-0.25, -0.2) is 9.59 Å². The molecule has 1 unspecified atom stereocenters. The highest BCUT2D eigenvalue weighted by Gasteiger charge is 2.34. The summed E-state index contributed by atoms with van der Waals surface area (Å²) in [7, 11) is 1.58. The van der Waals surface area contributed by atoms with Crippen molar-refractivity contribution in [1.82, 2.24) is 5.32 Å². The average molecular weight is 359 g/mol. The first kappa shape index (κ1) is 19.6. The fraction of sp³-hybridized carbons (Fsp3) is 0.400. The highest BCUT2D eigenvalue weighted by molar-refractivity contribution is 6.14. The van der Waals surface area contributed by atoms with Gasteiger partial charge in [-0.2, -0.15) is 0 Å². The summed E-state index contributed by atoms with van der Waals surface area (Å²) in [5.41, 5.74) is 2.68. The Hall–Kier alpha value is -2.76. The number of carbonyl (C=O) groups is 2. The number of benzene rings is 1. The van der Waals surface area contributed by atoms with E-state index in [-0.39, 0.29) is 19.3 Å². The van der Waals surface area contributed by atoms with E-state index < -0.39 is 11.9 Å². The molecule has 0 amide bonds. The zero-order valence-electron chi connectivity index (χ0n) is 15.8. The molecule has 0 bridgehead atoms. The van der Waals surface area contributed by atoms with Gasteiger partial charge in [0.1, 0.15) is 5.75 Å². The van der Waals surface area contributed by atoms with Crippen LogP contribution in [0, 0.1) is 0 Å². The predicted octanol–water partition coefficient (Wildman–Crippen LogP) is 2.84. The highest BCUT2D eigenvalue weighted by Crippen LogP contribution is 2.35. The summed E-state index contributed by atoms with van der Waals surface area (Å²) in [6.45, 7) is 7.66. The van der Waals surface area contributed by atoms with Gasteiger partial charge in [0.15, 0.2) is 0 Å². The van der Waals surface area contributed by atoms with Gasteiger partial charge < -0.3 is 19.5 Å². The van der Waals surface area contributed by atoms with Gasteiger partial charge in [0.05, 0.1) is 37.5 Å². The molecular formula is C20H25NO5. The van der Waals surface area contributed by atoms with Crippen LogP contribution >= 0.6 is 0 Å². The van der Waals surface area contributed by atoms with Gasteiger partial charge in [0.25, 0.3) is 0 Å². The molecule has 1 atom stereocenters. The maximum absolute atomic E-state index is 12.6. The molecule has 1 N–H and O–H groups in total. The molecule has 1 aliphatic heterocycles. The fourth-order valence-corrected chi connectivity index (χ4v) is 3.01. The molecular weight excluding hydrogens is 334 g/mol. The van der Waals surface area contributed by atoms with E-state index in [1.807, 2.05) is 19.1 Å². The molecule has 1 heterocycles. The van der Waals surface area contributed by atoms with Crippen molar-refractivity contribution in [2.75, 3.05) is 20.3 Å². The van der Waals surface area contributed by atoms with Crippen LogP contribution in [0.1, 0.15) is 33.3 Å². The first-order chi connectivity index (χ1) is 12.4. The van der Waals surface area contributed by atoms with E-state index in [1.165, 1.54) is 0 Å². The third-order valence-electron chi connectivity index (χ3n) is 4.11. The van der Waals surface area contributed by atoms with Crippen LogP contribution in [-0.2, 0) is 19.1 Å². The lowest BCUT2D eigenvalue weighted by molar-refractivity contribution is -0.138. The van der Waals surface area contributed by atoms with Crippen molar-refractivity contribution in [3.8, 4) is 5.75 Å². The molecule has 26 heavy (non-hydrogen) atoms. The largest absolute Gasteiger partial charge is 0.497 e. The first-order valence-electron chi connectivity index (χ1n) is 8.65. The lowest BCUT2D eigenvalue weighted by atomic mass is 9.85. The minimum absolute atomic E-state index is 0.246. The topological polar surface area (TPSA) is 73.9 Å². The Morgan fingerprint density at radius 1 is 1.04 bits per heavy atom. The van der Waals surface area contributed by atoms with E-state index in [0.29, 0.717) is 28.2 Å². The molecule has 0 saturated carbocycles. The smallest absolute Gasteiger partial charge is 0.340 e. The number of methoxy groups -OCH3 is 1. The predicted molar refractivity (Wildman–Crippen MR) is 98.5 cm³/mol. The van der Waals surface area contributed by atoms with Crippen LogP contribution in [0.15, 0.2) is 41.1 Å². The summed E-state index contributed by atoms with van der Waals surface area (Å²) in [6, 6.07) is 6.91. The Morgan fingerprint density at radius 3 is 2.15 bits per heavy atom. The van der Waals surface area contributed by atoms with Gasteiger partial charge in [0, 0.05) is 11.3 Å². The summed E-state index contributed by atoms with van der Waals surface area (Å²) < 4.78 is 15.7. The molecule has 6 heteroatoms. The number of ether oxygens (including phenoxy) is 3. The van der Waals surface area contributed by atoms with E-state index in [2.05, 4.69) is 5.32 Å². The molecule has 2 rings (SSSR count). The molecule has 0 aliphatic carbocycles. The van der Waals surface area contributed by atoms with E-state index in [0.717, 1.165) is 5.56 Å². The van der Waals surface area contributed by atoms with E-state index in [4.69, 9.17) is 14.2 Å².